The number of carbonyl (C=O) groups excluding carboxylic acids is 2. The average molecular weight is 304 g/mol. The lowest BCUT2D eigenvalue weighted by Crippen LogP contribution is -2.42. The summed E-state index contributed by atoms with van der Waals surface area (Å²) in [5, 5.41) is 5.54. The number of ether oxygens (including phenoxy) is 1. The Hall–Kier alpha value is -2.04. The molecule has 2 amide bonds. The van der Waals surface area contributed by atoms with E-state index < -0.39 is 0 Å². The van der Waals surface area contributed by atoms with Crippen LogP contribution in [0, 0.1) is 6.92 Å². The van der Waals surface area contributed by atoms with Crippen LogP contribution in [0.3, 0.4) is 0 Å². The van der Waals surface area contributed by atoms with Gasteiger partial charge in [0.25, 0.3) is 0 Å². The lowest BCUT2D eigenvalue weighted by molar-refractivity contribution is -0.125. The first-order valence-corrected chi connectivity index (χ1v) is 7.79. The van der Waals surface area contributed by atoms with Gasteiger partial charge in [0.1, 0.15) is 11.8 Å². The van der Waals surface area contributed by atoms with Gasteiger partial charge in [-0.2, -0.15) is 0 Å². The Morgan fingerprint density at radius 1 is 1.45 bits per heavy atom. The molecule has 1 aliphatic heterocycles. The molecule has 1 atom stereocenters. The first kappa shape index (κ1) is 16.3. The second-order valence-electron chi connectivity index (χ2n) is 5.97. The average Bonchev–Trinajstić information content (AvgIpc) is 2.88. The van der Waals surface area contributed by atoms with Gasteiger partial charge < -0.3 is 15.4 Å². The van der Waals surface area contributed by atoms with E-state index in [0.717, 1.165) is 23.3 Å². The second kappa shape index (κ2) is 7.29. The predicted octanol–water partition coefficient (Wildman–Crippen LogP) is 1.72. The zero-order valence-corrected chi connectivity index (χ0v) is 13.4. The molecule has 1 saturated heterocycles. The number of amides is 2. The quantitative estimate of drug-likeness (QED) is 0.841. The Morgan fingerprint density at radius 2 is 2.23 bits per heavy atom. The first-order chi connectivity index (χ1) is 10.5. The molecule has 0 aliphatic carbocycles. The van der Waals surface area contributed by atoms with Gasteiger partial charge in [-0.15, -0.1) is 0 Å². The molecule has 1 aromatic rings. The summed E-state index contributed by atoms with van der Waals surface area (Å²) in [5.41, 5.74) is 2.25. The van der Waals surface area contributed by atoms with Gasteiger partial charge in [0.15, 0.2) is 0 Å². The minimum Gasteiger partial charge on any atom is -0.491 e. The van der Waals surface area contributed by atoms with E-state index in [4.69, 9.17) is 4.74 Å². The molecule has 0 spiro atoms. The maximum absolute atomic E-state index is 11.9. The highest BCUT2D eigenvalue weighted by molar-refractivity contribution is 5.90. The van der Waals surface area contributed by atoms with Crippen LogP contribution in [0.5, 0.6) is 5.75 Å². The summed E-state index contributed by atoms with van der Waals surface area (Å²) >= 11 is 0. The van der Waals surface area contributed by atoms with Crippen LogP contribution >= 0.6 is 0 Å². The van der Waals surface area contributed by atoms with Crippen LogP contribution in [0.25, 0.3) is 0 Å². The zero-order chi connectivity index (χ0) is 16.1. The van der Waals surface area contributed by atoms with E-state index in [1.54, 1.807) is 0 Å². The van der Waals surface area contributed by atoms with Crippen molar-refractivity contribution >= 4 is 11.8 Å². The number of carbonyl (C=O) groups is 2. The van der Waals surface area contributed by atoms with E-state index in [1.807, 2.05) is 32.9 Å². The number of aryl methyl sites for hydroxylation is 1. The predicted molar refractivity (Wildman–Crippen MR) is 84.8 cm³/mol. The normalized spacial score (nSPS) is 17.5. The zero-order valence-electron chi connectivity index (χ0n) is 13.4. The number of rotatable bonds is 6. The van der Waals surface area contributed by atoms with E-state index in [0.29, 0.717) is 19.4 Å². The van der Waals surface area contributed by atoms with Gasteiger partial charge in [-0.05, 0) is 50.8 Å². The molecule has 1 unspecified atom stereocenters. The highest BCUT2D eigenvalue weighted by atomic mass is 16.5. The van der Waals surface area contributed by atoms with Crippen molar-refractivity contribution in [2.24, 2.45) is 0 Å². The van der Waals surface area contributed by atoms with Crippen LogP contribution in [0.4, 0.5) is 0 Å². The SMILES string of the molecule is Cc1cc(CCNC(=O)C2CCC(=O)N2)ccc1OC(C)C. The maximum atomic E-state index is 11.9. The molecule has 1 fully saturated rings. The number of hydrogen-bond donors (Lipinski definition) is 2. The largest absolute Gasteiger partial charge is 0.491 e. The summed E-state index contributed by atoms with van der Waals surface area (Å²) in [6.45, 7) is 6.60. The van der Waals surface area contributed by atoms with Crippen LogP contribution < -0.4 is 15.4 Å². The fourth-order valence-corrected chi connectivity index (χ4v) is 2.52. The van der Waals surface area contributed by atoms with E-state index in [-0.39, 0.29) is 24.0 Å². The van der Waals surface area contributed by atoms with Crippen molar-refractivity contribution in [1.82, 2.24) is 10.6 Å². The summed E-state index contributed by atoms with van der Waals surface area (Å²) in [6.07, 6.45) is 1.94. The van der Waals surface area contributed by atoms with Crippen LogP contribution in [-0.4, -0.2) is 30.5 Å². The Kier molecular flexibility index (Phi) is 5.41. The molecule has 1 aromatic carbocycles. The summed E-state index contributed by atoms with van der Waals surface area (Å²) in [4.78, 5) is 23.0. The maximum Gasteiger partial charge on any atom is 0.242 e. The minimum absolute atomic E-state index is 0.0449. The summed E-state index contributed by atoms with van der Waals surface area (Å²) in [6, 6.07) is 5.72. The van der Waals surface area contributed by atoms with Crippen molar-refractivity contribution in [2.75, 3.05) is 6.54 Å². The van der Waals surface area contributed by atoms with Crippen molar-refractivity contribution in [3.8, 4) is 5.75 Å². The highest BCUT2D eigenvalue weighted by Gasteiger charge is 2.26. The molecule has 1 heterocycles. The fraction of sp³-hybridized carbons (Fsp3) is 0.529. The van der Waals surface area contributed by atoms with Crippen molar-refractivity contribution < 1.29 is 14.3 Å². The minimum atomic E-state index is -0.365. The summed E-state index contributed by atoms with van der Waals surface area (Å²) in [7, 11) is 0. The van der Waals surface area contributed by atoms with E-state index >= 15 is 0 Å². The fourth-order valence-electron chi connectivity index (χ4n) is 2.52. The third-order valence-corrected chi connectivity index (χ3v) is 3.63. The van der Waals surface area contributed by atoms with E-state index in [1.165, 1.54) is 0 Å². The van der Waals surface area contributed by atoms with Gasteiger partial charge in [-0.25, -0.2) is 0 Å². The Balaban J connectivity index is 1.80. The van der Waals surface area contributed by atoms with Gasteiger partial charge in [-0.1, -0.05) is 12.1 Å². The molecule has 5 nitrogen and oxygen atoms in total. The molecular weight excluding hydrogens is 280 g/mol. The number of hydrogen-bond acceptors (Lipinski definition) is 3. The number of nitrogens with one attached hydrogen (secondary N) is 2. The second-order valence-corrected chi connectivity index (χ2v) is 5.97. The molecule has 1 aliphatic rings. The lowest BCUT2D eigenvalue weighted by atomic mass is 10.1. The Morgan fingerprint density at radius 3 is 2.82 bits per heavy atom. The Labute approximate surface area is 131 Å². The molecule has 0 bridgehead atoms. The van der Waals surface area contributed by atoms with Crippen LogP contribution in [0.2, 0.25) is 0 Å². The van der Waals surface area contributed by atoms with Gasteiger partial charge in [0, 0.05) is 13.0 Å². The van der Waals surface area contributed by atoms with Gasteiger partial charge in [0.2, 0.25) is 11.8 Å². The Bertz CT molecular complexity index is 555. The monoisotopic (exact) mass is 304 g/mol. The molecular formula is C17H24N2O3. The molecule has 2 N–H and O–H groups in total. The van der Waals surface area contributed by atoms with Crippen molar-refractivity contribution in [3.05, 3.63) is 29.3 Å². The summed E-state index contributed by atoms with van der Waals surface area (Å²) < 4.78 is 5.71. The summed E-state index contributed by atoms with van der Waals surface area (Å²) in [5.74, 6) is 0.760. The molecule has 5 heteroatoms. The van der Waals surface area contributed by atoms with Crippen molar-refractivity contribution in [1.29, 1.82) is 0 Å². The number of benzene rings is 1. The van der Waals surface area contributed by atoms with Gasteiger partial charge in [-0.3, -0.25) is 9.59 Å². The molecule has 120 valence electrons. The lowest BCUT2D eigenvalue weighted by Gasteiger charge is -2.14. The smallest absolute Gasteiger partial charge is 0.242 e. The van der Waals surface area contributed by atoms with Crippen LogP contribution in [0.15, 0.2) is 18.2 Å². The molecule has 0 aromatic heterocycles. The highest BCUT2D eigenvalue weighted by Crippen LogP contribution is 2.20. The van der Waals surface area contributed by atoms with Gasteiger partial charge >= 0.3 is 0 Å². The van der Waals surface area contributed by atoms with E-state index in [9.17, 15) is 9.59 Å². The van der Waals surface area contributed by atoms with Crippen molar-refractivity contribution in [3.63, 3.8) is 0 Å². The van der Waals surface area contributed by atoms with Crippen molar-refractivity contribution in [2.45, 2.75) is 52.2 Å². The standard InChI is InChI=1S/C17H24N2O3/c1-11(2)22-15-6-4-13(10-12(15)3)8-9-18-17(21)14-5-7-16(20)19-14/h4,6,10-11,14H,5,7-9H2,1-3H3,(H,18,21)(H,19,20). The third-order valence-electron chi connectivity index (χ3n) is 3.63. The third kappa shape index (κ3) is 4.48. The first-order valence-electron chi connectivity index (χ1n) is 7.79. The molecule has 22 heavy (non-hydrogen) atoms. The van der Waals surface area contributed by atoms with Crippen LogP contribution in [0.1, 0.15) is 37.8 Å². The molecule has 2 rings (SSSR count). The topological polar surface area (TPSA) is 67.4 Å². The molecule has 0 radical (unpaired) electrons. The molecule has 0 saturated carbocycles. The van der Waals surface area contributed by atoms with Gasteiger partial charge in [0.05, 0.1) is 6.10 Å². The van der Waals surface area contributed by atoms with E-state index in [2.05, 4.69) is 16.7 Å². The van der Waals surface area contributed by atoms with Crippen LogP contribution in [-0.2, 0) is 16.0 Å².